The molecule has 0 fully saturated rings. The summed E-state index contributed by atoms with van der Waals surface area (Å²) in [5.74, 6) is 0. The molecule has 218 valence electrons. The Morgan fingerprint density at radius 3 is 1.66 bits per heavy atom. The Bertz CT molecular complexity index is 3010. The van der Waals surface area contributed by atoms with E-state index in [1.54, 1.807) is 6.07 Å². The van der Waals surface area contributed by atoms with Gasteiger partial charge in [-0.2, -0.15) is 0 Å². The first kappa shape index (κ1) is 22.3. The second-order valence-electron chi connectivity index (χ2n) is 12.2. The van der Waals surface area contributed by atoms with Crippen LogP contribution in [0.25, 0.3) is 98.4 Å². The van der Waals surface area contributed by atoms with Gasteiger partial charge in [-0.05, 0) is 95.3 Å². The lowest BCUT2D eigenvalue weighted by Gasteiger charge is -2.18. The Hall–Kier alpha value is -6.18. The molecule has 0 N–H and O–H groups in total. The highest BCUT2D eigenvalue weighted by molar-refractivity contribution is 6.22. The summed E-state index contributed by atoms with van der Waals surface area (Å²) in [5, 5.41) is 9.92. The Balaban J connectivity index is 1.11. The molecule has 9 aromatic carbocycles. The molecule has 0 aliphatic rings. The highest BCUT2D eigenvalue weighted by Gasteiger charge is 2.17. The molecular formula is C46H28O. The highest BCUT2D eigenvalue weighted by atomic mass is 16.3. The van der Waals surface area contributed by atoms with Gasteiger partial charge in [0.1, 0.15) is 11.2 Å². The van der Waals surface area contributed by atoms with E-state index in [9.17, 15) is 0 Å². The first-order chi connectivity index (χ1) is 25.0. The van der Waals surface area contributed by atoms with Crippen molar-refractivity contribution in [3.05, 3.63) is 170 Å². The molecule has 0 aliphatic heterocycles. The van der Waals surface area contributed by atoms with E-state index in [4.69, 9.17) is 9.90 Å². The number of furan rings is 1. The predicted molar refractivity (Wildman–Crippen MR) is 200 cm³/mol. The van der Waals surface area contributed by atoms with Gasteiger partial charge in [0, 0.05) is 16.2 Å². The summed E-state index contributed by atoms with van der Waals surface area (Å²) in [6.07, 6.45) is 0. The molecule has 0 aliphatic carbocycles. The van der Waals surface area contributed by atoms with E-state index in [1.807, 2.05) is 18.2 Å². The third kappa shape index (κ3) is 4.03. The van der Waals surface area contributed by atoms with Gasteiger partial charge in [-0.1, -0.05) is 145 Å². The molecule has 0 saturated heterocycles. The lowest BCUT2D eigenvalue weighted by molar-refractivity contribution is 0.673. The molecule has 1 heteroatoms. The van der Waals surface area contributed by atoms with E-state index in [0.717, 1.165) is 27.5 Å². The fourth-order valence-corrected chi connectivity index (χ4v) is 7.36. The zero-order valence-corrected chi connectivity index (χ0v) is 25.3. The molecule has 47 heavy (non-hydrogen) atoms. The Labute approximate surface area is 277 Å². The molecule has 1 nitrogen and oxygen atoms in total. The van der Waals surface area contributed by atoms with E-state index in [1.165, 1.54) is 49.0 Å². The molecule has 1 heterocycles. The lowest BCUT2D eigenvalue weighted by Crippen LogP contribution is -1.91. The normalized spacial score (nSPS) is 13.0. The Kier molecular flexibility index (Phi) is 4.83. The number of benzene rings is 9. The quantitative estimate of drug-likeness (QED) is 0.184. The standard InChI is InChI=1S/C46H28O/c1-2-11-33-27-35(22-19-29(33)9-1)45-40-15-7-5-13-38(40)44(39-14-6-8-16-41(39)45)32-20-17-30(18-21-32)34-24-25-37-42-26-23-31-10-3-4-12-36(31)46(42)47-43(37)28-34/h1-28H/i3D,4D,10D,12D. The molecule has 1 aromatic heterocycles. The summed E-state index contributed by atoms with van der Waals surface area (Å²) in [5.41, 5.74) is 8.01. The first-order valence-corrected chi connectivity index (χ1v) is 15.8. The number of rotatable bonds is 3. The summed E-state index contributed by atoms with van der Waals surface area (Å²) in [4.78, 5) is 0. The van der Waals surface area contributed by atoms with Gasteiger partial charge in [0.2, 0.25) is 0 Å². The highest BCUT2D eigenvalue weighted by Crippen LogP contribution is 2.44. The average molecular weight is 601 g/mol. The summed E-state index contributed by atoms with van der Waals surface area (Å²) in [7, 11) is 0. The third-order valence-corrected chi connectivity index (χ3v) is 9.57. The van der Waals surface area contributed by atoms with Crippen LogP contribution in [0.4, 0.5) is 0 Å². The van der Waals surface area contributed by atoms with E-state index < -0.39 is 0 Å². The Morgan fingerprint density at radius 1 is 0.362 bits per heavy atom. The van der Waals surface area contributed by atoms with Gasteiger partial charge >= 0.3 is 0 Å². The number of fused-ring (bicyclic) bond motifs is 8. The van der Waals surface area contributed by atoms with Crippen LogP contribution in [0.2, 0.25) is 0 Å². The van der Waals surface area contributed by atoms with Crippen molar-refractivity contribution >= 4 is 65.0 Å². The van der Waals surface area contributed by atoms with Crippen molar-refractivity contribution in [2.75, 3.05) is 0 Å². The second kappa shape index (κ2) is 10.2. The van der Waals surface area contributed by atoms with Gasteiger partial charge in [-0.25, -0.2) is 0 Å². The van der Waals surface area contributed by atoms with Crippen molar-refractivity contribution in [3.8, 4) is 33.4 Å². The van der Waals surface area contributed by atoms with Crippen LogP contribution in [0.1, 0.15) is 5.48 Å². The minimum atomic E-state index is -0.259. The second-order valence-corrected chi connectivity index (χ2v) is 12.2. The van der Waals surface area contributed by atoms with E-state index >= 15 is 0 Å². The van der Waals surface area contributed by atoms with Crippen molar-refractivity contribution in [2.45, 2.75) is 0 Å². The molecule has 10 aromatic rings. The third-order valence-electron chi connectivity index (χ3n) is 9.57. The van der Waals surface area contributed by atoms with Crippen molar-refractivity contribution in [2.24, 2.45) is 0 Å². The number of hydrogen-bond donors (Lipinski definition) is 0. The van der Waals surface area contributed by atoms with E-state index in [-0.39, 0.29) is 24.2 Å². The topological polar surface area (TPSA) is 13.1 Å². The molecule has 0 saturated carbocycles. The monoisotopic (exact) mass is 600 g/mol. The molecule has 0 radical (unpaired) electrons. The Morgan fingerprint density at radius 2 is 0.915 bits per heavy atom. The maximum absolute atomic E-state index is 8.58. The van der Waals surface area contributed by atoms with Crippen molar-refractivity contribution in [1.29, 1.82) is 0 Å². The zero-order valence-electron chi connectivity index (χ0n) is 29.3. The number of hydrogen-bond acceptors (Lipinski definition) is 1. The average Bonchev–Trinajstić information content (AvgIpc) is 3.56. The molecule has 0 unspecified atom stereocenters. The zero-order chi connectivity index (χ0) is 34.4. The van der Waals surface area contributed by atoms with Gasteiger partial charge in [0.25, 0.3) is 0 Å². The van der Waals surface area contributed by atoms with Crippen molar-refractivity contribution in [3.63, 3.8) is 0 Å². The van der Waals surface area contributed by atoms with Crippen LogP contribution in [0.5, 0.6) is 0 Å². The van der Waals surface area contributed by atoms with Crippen LogP contribution < -0.4 is 0 Å². The van der Waals surface area contributed by atoms with Gasteiger partial charge in [0.05, 0.1) is 5.48 Å². The lowest BCUT2D eigenvalue weighted by atomic mass is 9.85. The van der Waals surface area contributed by atoms with Gasteiger partial charge in [-0.3, -0.25) is 0 Å². The van der Waals surface area contributed by atoms with E-state index in [0.29, 0.717) is 21.9 Å². The summed E-state index contributed by atoms with van der Waals surface area (Å²) in [6, 6.07) is 50.6. The van der Waals surface area contributed by atoms with Crippen LogP contribution in [-0.2, 0) is 0 Å². The summed E-state index contributed by atoms with van der Waals surface area (Å²) in [6.45, 7) is 0. The molecule has 0 bridgehead atoms. The molecule has 10 rings (SSSR count). The van der Waals surface area contributed by atoms with Gasteiger partial charge in [-0.15, -0.1) is 0 Å². The van der Waals surface area contributed by atoms with Crippen molar-refractivity contribution < 1.29 is 9.90 Å². The fraction of sp³-hybridized carbons (Fsp3) is 0. The van der Waals surface area contributed by atoms with Crippen molar-refractivity contribution in [1.82, 2.24) is 0 Å². The first-order valence-electron chi connectivity index (χ1n) is 17.8. The predicted octanol–water partition coefficient (Wildman–Crippen LogP) is 13.2. The minimum Gasteiger partial charge on any atom is -0.455 e. The SMILES string of the molecule is [2H]c1c([2H])c([2H])c2c(ccc3c4ccc(-c5ccc(-c6c7ccccc7c(-c7ccc8ccccc8c7)c7ccccc67)cc5)cc4oc32)c1[2H]. The van der Waals surface area contributed by atoms with Gasteiger partial charge in [0.15, 0.2) is 0 Å². The van der Waals surface area contributed by atoms with Crippen LogP contribution in [0.3, 0.4) is 0 Å². The fourth-order valence-electron chi connectivity index (χ4n) is 7.36. The smallest absolute Gasteiger partial charge is 0.143 e. The maximum Gasteiger partial charge on any atom is 0.143 e. The van der Waals surface area contributed by atoms with Crippen LogP contribution in [-0.4, -0.2) is 0 Å². The van der Waals surface area contributed by atoms with Crippen LogP contribution in [0.15, 0.2) is 174 Å². The molecule has 0 amide bonds. The molecule has 0 spiro atoms. The summed E-state index contributed by atoms with van der Waals surface area (Å²) < 4.78 is 39.7. The molecule has 0 atom stereocenters. The maximum atomic E-state index is 8.58. The summed E-state index contributed by atoms with van der Waals surface area (Å²) >= 11 is 0. The van der Waals surface area contributed by atoms with Crippen LogP contribution >= 0.6 is 0 Å². The molecular weight excluding hydrogens is 569 g/mol. The largest absolute Gasteiger partial charge is 0.455 e. The van der Waals surface area contributed by atoms with E-state index in [2.05, 4.69) is 121 Å². The van der Waals surface area contributed by atoms with Gasteiger partial charge < -0.3 is 4.42 Å². The minimum absolute atomic E-state index is 0.0574. The van der Waals surface area contributed by atoms with Crippen LogP contribution in [0, 0.1) is 0 Å².